The molecule has 106 valence electrons. The number of carbonyl (C=O) groups excluding carboxylic acids is 1. The third kappa shape index (κ3) is 2.89. The minimum Gasteiger partial charge on any atom is -0.383 e. The van der Waals surface area contributed by atoms with E-state index in [2.05, 4.69) is 5.10 Å². The van der Waals surface area contributed by atoms with Crippen molar-refractivity contribution in [3.63, 3.8) is 0 Å². The zero-order valence-electron chi connectivity index (χ0n) is 11.2. The highest BCUT2D eigenvalue weighted by Crippen LogP contribution is 2.21. The summed E-state index contributed by atoms with van der Waals surface area (Å²) < 4.78 is 19.8. The maximum Gasteiger partial charge on any atom is 0.212 e. The Morgan fingerprint density at radius 1 is 1.50 bits per heavy atom. The van der Waals surface area contributed by atoms with Gasteiger partial charge in [-0.1, -0.05) is 17.7 Å². The average Bonchev–Trinajstić information content (AvgIpc) is 2.79. The molecule has 0 radical (unpaired) electrons. The Kier molecular flexibility index (Phi) is 4.52. The Morgan fingerprint density at radius 3 is 2.95 bits per heavy atom. The van der Waals surface area contributed by atoms with Crippen LogP contribution in [0.4, 0.5) is 4.39 Å². The van der Waals surface area contributed by atoms with Crippen LogP contribution in [0.3, 0.4) is 0 Å². The van der Waals surface area contributed by atoms with Crippen LogP contribution in [0.15, 0.2) is 24.4 Å². The maximum absolute atomic E-state index is 13.3. The number of methoxy groups -OCH3 is 1. The molecule has 2 rings (SSSR count). The molecule has 0 fully saturated rings. The van der Waals surface area contributed by atoms with E-state index in [9.17, 15) is 9.18 Å². The topological polar surface area (TPSA) is 44.1 Å². The Hall–Kier alpha value is -1.72. The molecule has 6 heteroatoms. The van der Waals surface area contributed by atoms with Crippen LogP contribution in [0.25, 0.3) is 0 Å². The monoisotopic (exact) mass is 296 g/mol. The van der Waals surface area contributed by atoms with Gasteiger partial charge >= 0.3 is 0 Å². The summed E-state index contributed by atoms with van der Waals surface area (Å²) in [4.78, 5) is 12.5. The fraction of sp³-hybridized carbons (Fsp3) is 0.286. The largest absolute Gasteiger partial charge is 0.383 e. The van der Waals surface area contributed by atoms with Crippen LogP contribution in [0.2, 0.25) is 5.02 Å². The van der Waals surface area contributed by atoms with Crippen LogP contribution in [-0.2, 0) is 11.3 Å². The molecule has 20 heavy (non-hydrogen) atoms. The molecule has 0 atom stereocenters. The average molecular weight is 297 g/mol. The molecule has 2 aromatic rings. The molecule has 1 heterocycles. The Bertz CT molecular complexity index is 640. The molecule has 0 N–H and O–H groups in total. The second-order valence-corrected chi connectivity index (χ2v) is 4.75. The lowest BCUT2D eigenvalue weighted by Gasteiger charge is -2.09. The van der Waals surface area contributed by atoms with Crippen molar-refractivity contribution in [1.29, 1.82) is 0 Å². The van der Waals surface area contributed by atoms with Gasteiger partial charge in [0.25, 0.3) is 0 Å². The number of ketones is 1. The molecular formula is C14H14ClFN2O2. The number of benzene rings is 1. The van der Waals surface area contributed by atoms with Gasteiger partial charge in [-0.2, -0.15) is 5.10 Å². The lowest BCUT2D eigenvalue weighted by Crippen LogP contribution is -2.15. The van der Waals surface area contributed by atoms with Crippen LogP contribution in [0.1, 0.15) is 21.6 Å². The minimum absolute atomic E-state index is 0.245. The second kappa shape index (κ2) is 6.15. The van der Waals surface area contributed by atoms with Crippen LogP contribution in [-0.4, -0.2) is 29.3 Å². The molecule has 0 spiro atoms. The van der Waals surface area contributed by atoms with Gasteiger partial charge in [0.2, 0.25) is 5.78 Å². The molecule has 1 aromatic carbocycles. The van der Waals surface area contributed by atoms with E-state index in [1.165, 1.54) is 23.0 Å². The summed E-state index contributed by atoms with van der Waals surface area (Å²) in [5.74, 6) is -0.807. The summed E-state index contributed by atoms with van der Waals surface area (Å²) in [5, 5.41) is 4.29. The van der Waals surface area contributed by atoms with Gasteiger partial charge in [0, 0.05) is 12.7 Å². The molecule has 0 aliphatic heterocycles. The number of rotatable bonds is 5. The van der Waals surface area contributed by atoms with Gasteiger partial charge in [-0.05, 0) is 24.6 Å². The predicted octanol–water partition coefficient (Wildman–Crippen LogP) is 2.86. The highest BCUT2D eigenvalue weighted by Gasteiger charge is 2.21. The number of hydrogen-bond acceptors (Lipinski definition) is 3. The van der Waals surface area contributed by atoms with Crippen molar-refractivity contribution in [2.75, 3.05) is 13.7 Å². The standard InChI is InChI=1S/C14H14ClFN2O2/c1-9-3-4-10(16)7-11(9)14(19)13-12(15)8-17-18(13)5-6-20-2/h3-4,7-8H,5-6H2,1-2H3. The van der Waals surface area contributed by atoms with E-state index in [1.54, 1.807) is 20.1 Å². The van der Waals surface area contributed by atoms with E-state index in [0.29, 0.717) is 18.7 Å². The van der Waals surface area contributed by atoms with Crippen molar-refractivity contribution in [3.05, 3.63) is 52.1 Å². The fourth-order valence-corrected chi connectivity index (χ4v) is 2.13. The third-order valence-electron chi connectivity index (χ3n) is 2.96. The van der Waals surface area contributed by atoms with E-state index >= 15 is 0 Å². The summed E-state index contributed by atoms with van der Waals surface area (Å²) in [6.45, 7) is 2.55. The summed E-state index contributed by atoms with van der Waals surface area (Å²) in [6, 6.07) is 4.09. The van der Waals surface area contributed by atoms with Crippen molar-refractivity contribution in [2.24, 2.45) is 0 Å². The first-order valence-corrected chi connectivity index (χ1v) is 6.43. The molecule has 0 bridgehead atoms. The molecule has 1 aromatic heterocycles. The molecule has 0 unspecified atom stereocenters. The number of carbonyl (C=O) groups is 1. The van der Waals surface area contributed by atoms with Gasteiger partial charge in [0.15, 0.2) is 0 Å². The van der Waals surface area contributed by atoms with Crippen molar-refractivity contribution in [1.82, 2.24) is 9.78 Å². The molecule has 4 nitrogen and oxygen atoms in total. The van der Waals surface area contributed by atoms with Crippen LogP contribution >= 0.6 is 11.6 Å². The minimum atomic E-state index is -0.460. The maximum atomic E-state index is 13.3. The molecule has 0 saturated heterocycles. The SMILES string of the molecule is COCCn1ncc(Cl)c1C(=O)c1cc(F)ccc1C. The first kappa shape index (κ1) is 14.7. The molecule has 0 amide bonds. The number of aryl methyl sites for hydroxylation is 1. The van der Waals surface area contributed by atoms with E-state index in [1.807, 2.05) is 0 Å². The highest BCUT2D eigenvalue weighted by atomic mass is 35.5. The molecule has 0 saturated carbocycles. The number of hydrogen-bond donors (Lipinski definition) is 0. The first-order valence-electron chi connectivity index (χ1n) is 6.05. The summed E-state index contributed by atoms with van der Waals surface area (Å²) in [5.41, 5.74) is 1.22. The quantitative estimate of drug-likeness (QED) is 0.797. The molecular weight excluding hydrogens is 283 g/mol. The normalized spacial score (nSPS) is 10.8. The van der Waals surface area contributed by atoms with Crippen molar-refractivity contribution in [2.45, 2.75) is 13.5 Å². The zero-order valence-corrected chi connectivity index (χ0v) is 11.9. The lowest BCUT2D eigenvalue weighted by molar-refractivity contribution is 0.102. The lowest BCUT2D eigenvalue weighted by atomic mass is 10.0. The van der Waals surface area contributed by atoms with Gasteiger partial charge in [-0.3, -0.25) is 9.48 Å². The first-order chi connectivity index (χ1) is 9.54. The summed E-state index contributed by atoms with van der Waals surface area (Å²) in [6.07, 6.45) is 1.40. The van der Waals surface area contributed by atoms with Gasteiger partial charge in [0.1, 0.15) is 11.5 Å². The van der Waals surface area contributed by atoms with Crippen LogP contribution in [0, 0.1) is 12.7 Å². The van der Waals surface area contributed by atoms with E-state index in [4.69, 9.17) is 16.3 Å². The fourth-order valence-electron chi connectivity index (χ4n) is 1.90. The van der Waals surface area contributed by atoms with Gasteiger partial charge < -0.3 is 4.74 Å². The van der Waals surface area contributed by atoms with Crippen molar-refractivity contribution < 1.29 is 13.9 Å². The third-order valence-corrected chi connectivity index (χ3v) is 3.24. The zero-order chi connectivity index (χ0) is 14.7. The summed E-state index contributed by atoms with van der Waals surface area (Å²) in [7, 11) is 1.56. The number of aromatic nitrogens is 2. The second-order valence-electron chi connectivity index (χ2n) is 4.35. The number of halogens is 2. The van der Waals surface area contributed by atoms with Crippen LogP contribution in [0.5, 0.6) is 0 Å². The molecule has 0 aliphatic rings. The number of nitrogens with zero attached hydrogens (tertiary/aromatic N) is 2. The van der Waals surface area contributed by atoms with Gasteiger partial charge in [-0.25, -0.2) is 4.39 Å². The van der Waals surface area contributed by atoms with Crippen LogP contribution < -0.4 is 0 Å². The predicted molar refractivity (Wildman–Crippen MR) is 73.7 cm³/mol. The van der Waals surface area contributed by atoms with E-state index in [-0.39, 0.29) is 22.1 Å². The van der Waals surface area contributed by atoms with Gasteiger partial charge in [-0.15, -0.1) is 0 Å². The smallest absolute Gasteiger partial charge is 0.212 e. The Morgan fingerprint density at radius 2 is 2.25 bits per heavy atom. The highest BCUT2D eigenvalue weighted by molar-refractivity contribution is 6.34. The molecule has 0 aliphatic carbocycles. The van der Waals surface area contributed by atoms with E-state index < -0.39 is 5.82 Å². The van der Waals surface area contributed by atoms with Crippen molar-refractivity contribution >= 4 is 17.4 Å². The van der Waals surface area contributed by atoms with E-state index in [0.717, 1.165) is 0 Å². The van der Waals surface area contributed by atoms with Gasteiger partial charge in [0.05, 0.1) is 24.4 Å². The Labute approximate surface area is 121 Å². The summed E-state index contributed by atoms with van der Waals surface area (Å²) >= 11 is 6.02. The van der Waals surface area contributed by atoms with Crippen molar-refractivity contribution in [3.8, 4) is 0 Å². The Balaban J connectivity index is 2.42. The number of ether oxygens (including phenoxy) is 1.